The SMILES string of the molecule is N#C/C(=C(/N)c1cccc(Cl)c1)c1cccs1. The number of nitrogens with zero attached hydrogens (tertiary/aromatic N) is 1. The Balaban J connectivity index is 2.54. The maximum Gasteiger partial charge on any atom is 0.103 e. The van der Waals surface area contributed by atoms with Gasteiger partial charge in [0.15, 0.2) is 0 Å². The number of nitriles is 1. The number of hydrogen-bond acceptors (Lipinski definition) is 3. The van der Waals surface area contributed by atoms with Crippen LogP contribution < -0.4 is 5.73 Å². The Bertz CT molecular complexity index is 594. The Morgan fingerprint density at radius 3 is 2.71 bits per heavy atom. The van der Waals surface area contributed by atoms with E-state index < -0.39 is 0 Å². The number of thiophene rings is 1. The van der Waals surface area contributed by atoms with Gasteiger partial charge in [0, 0.05) is 15.5 Å². The van der Waals surface area contributed by atoms with Crippen molar-refractivity contribution in [1.82, 2.24) is 0 Å². The van der Waals surface area contributed by atoms with E-state index in [2.05, 4.69) is 6.07 Å². The topological polar surface area (TPSA) is 49.8 Å². The Morgan fingerprint density at radius 1 is 1.29 bits per heavy atom. The molecule has 0 aliphatic heterocycles. The normalized spacial score (nSPS) is 11.8. The van der Waals surface area contributed by atoms with Crippen molar-refractivity contribution in [1.29, 1.82) is 5.26 Å². The van der Waals surface area contributed by atoms with Gasteiger partial charge in [0.25, 0.3) is 0 Å². The maximum absolute atomic E-state index is 9.18. The molecule has 1 aromatic carbocycles. The lowest BCUT2D eigenvalue weighted by Crippen LogP contribution is -1.99. The summed E-state index contributed by atoms with van der Waals surface area (Å²) in [4.78, 5) is 0.866. The molecular weight excluding hydrogens is 252 g/mol. The third-order valence-corrected chi connectivity index (χ3v) is 3.41. The highest BCUT2D eigenvalue weighted by atomic mass is 35.5. The molecule has 2 aromatic rings. The molecule has 1 heterocycles. The van der Waals surface area contributed by atoms with Crippen LogP contribution in [0.1, 0.15) is 10.4 Å². The summed E-state index contributed by atoms with van der Waals surface area (Å²) in [6, 6.07) is 13.1. The van der Waals surface area contributed by atoms with Crippen LogP contribution in [0.15, 0.2) is 41.8 Å². The highest BCUT2D eigenvalue weighted by molar-refractivity contribution is 7.11. The van der Waals surface area contributed by atoms with Gasteiger partial charge < -0.3 is 5.73 Å². The first-order chi connectivity index (χ1) is 8.22. The van der Waals surface area contributed by atoms with Gasteiger partial charge in [-0.1, -0.05) is 29.8 Å². The highest BCUT2D eigenvalue weighted by Crippen LogP contribution is 2.26. The largest absolute Gasteiger partial charge is 0.397 e. The molecule has 0 aliphatic carbocycles. The fraction of sp³-hybridized carbons (Fsp3) is 0. The minimum Gasteiger partial charge on any atom is -0.397 e. The smallest absolute Gasteiger partial charge is 0.103 e. The van der Waals surface area contributed by atoms with E-state index in [0.29, 0.717) is 16.3 Å². The molecule has 2 N–H and O–H groups in total. The van der Waals surface area contributed by atoms with Gasteiger partial charge in [-0.25, -0.2) is 0 Å². The molecule has 0 atom stereocenters. The lowest BCUT2D eigenvalue weighted by atomic mass is 10.1. The van der Waals surface area contributed by atoms with Crippen molar-refractivity contribution in [2.75, 3.05) is 0 Å². The number of allylic oxidation sites excluding steroid dienone is 1. The summed E-state index contributed by atoms with van der Waals surface area (Å²) in [6.07, 6.45) is 0. The number of hydrogen-bond donors (Lipinski definition) is 1. The van der Waals surface area contributed by atoms with Gasteiger partial charge in [0.1, 0.15) is 6.07 Å². The summed E-state index contributed by atoms with van der Waals surface area (Å²) in [6.45, 7) is 0. The van der Waals surface area contributed by atoms with Crippen molar-refractivity contribution in [3.63, 3.8) is 0 Å². The zero-order valence-corrected chi connectivity index (χ0v) is 10.4. The van der Waals surface area contributed by atoms with Crippen molar-refractivity contribution >= 4 is 34.2 Å². The third kappa shape index (κ3) is 2.50. The van der Waals surface area contributed by atoms with Gasteiger partial charge in [-0.15, -0.1) is 11.3 Å². The molecule has 0 spiro atoms. The molecule has 17 heavy (non-hydrogen) atoms. The average molecular weight is 261 g/mol. The molecule has 0 aliphatic rings. The number of rotatable bonds is 2. The molecule has 0 saturated heterocycles. The van der Waals surface area contributed by atoms with E-state index in [0.717, 1.165) is 10.4 Å². The molecule has 0 radical (unpaired) electrons. The summed E-state index contributed by atoms with van der Waals surface area (Å²) >= 11 is 7.39. The van der Waals surface area contributed by atoms with E-state index in [1.807, 2.05) is 29.6 Å². The van der Waals surface area contributed by atoms with Crippen molar-refractivity contribution in [3.8, 4) is 6.07 Å². The summed E-state index contributed by atoms with van der Waals surface area (Å²) < 4.78 is 0. The first kappa shape index (κ1) is 11.7. The van der Waals surface area contributed by atoms with Crippen LogP contribution in [0.2, 0.25) is 5.02 Å². The van der Waals surface area contributed by atoms with Crippen LogP contribution >= 0.6 is 22.9 Å². The van der Waals surface area contributed by atoms with Crippen LogP contribution in [0.5, 0.6) is 0 Å². The van der Waals surface area contributed by atoms with E-state index in [1.54, 1.807) is 12.1 Å². The highest BCUT2D eigenvalue weighted by Gasteiger charge is 2.09. The fourth-order valence-electron chi connectivity index (χ4n) is 1.47. The predicted octanol–water partition coefficient (Wildman–Crippen LogP) is 3.75. The molecule has 1 aromatic heterocycles. The van der Waals surface area contributed by atoms with Gasteiger partial charge in [0.2, 0.25) is 0 Å². The second-order valence-corrected chi connectivity index (χ2v) is 4.77. The van der Waals surface area contributed by atoms with Gasteiger partial charge in [-0.2, -0.15) is 5.26 Å². The van der Waals surface area contributed by atoms with Crippen molar-refractivity contribution < 1.29 is 0 Å². The van der Waals surface area contributed by atoms with Gasteiger partial charge >= 0.3 is 0 Å². The Hall–Kier alpha value is -1.76. The van der Waals surface area contributed by atoms with Crippen molar-refractivity contribution in [3.05, 3.63) is 57.2 Å². The zero-order valence-electron chi connectivity index (χ0n) is 8.85. The lowest BCUT2D eigenvalue weighted by Gasteiger charge is -2.04. The molecule has 0 bridgehead atoms. The second-order valence-electron chi connectivity index (χ2n) is 3.39. The summed E-state index contributed by atoms with van der Waals surface area (Å²) in [5.41, 5.74) is 7.73. The first-order valence-corrected chi connectivity index (χ1v) is 6.18. The quantitative estimate of drug-likeness (QED) is 0.836. The lowest BCUT2D eigenvalue weighted by molar-refractivity contribution is 1.49. The maximum atomic E-state index is 9.18. The summed E-state index contributed by atoms with van der Waals surface area (Å²) in [7, 11) is 0. The molecule has 84 valence electrons. The molecular formula is C13H9ClN2S. The molecule has 0 amide bonds. The number of nitrogens with two attached hydrogens (primary N) is 1. The Morgan fingerprint density at radius 2 is 2.12 bits per heavy atom. The van der Waals surface area contributed by atoms with Gasteiger partial charge in [-0.05, 0) is 23.6 Å². The van der Waals surface area contributed by atoms with Gasteiger partial charge in [0.05, 0.1) is 11.3 Å². The summed E-state index contributed by atoms with van der Waals surface area (Å²) in [5, 5.41) is 11.7. The van der Waals surface area contributed by atoms with E-state index >= 15 is 0 Å². The van der Waals surface area contributed by atoms with Crippen LogP contribution in [-0.4, -0.2) is 0 Å². The minimum atomic E-state index is 0.456. The zero-order chi connectivity index (χ0) is 12.3. The Labute approximate surface area is 109 Å². The molecule has 0 unspecified atom stereocenters. The number of benzene rings is 1. The molecule has 0 fully saturated rings. The molecule has 0 saturated carbocycles. The number of halogens is 1. The van der Waals surface area contributed by atoms with Crippen LogP contribution in [-0.2, 0) is 0 Å². The molecule has 4 heteroatoms. The van der Waals surface area contributed by atoms with E-state index in [9.17, 15) is 5.26 Å². The minimum absolute atomic E-state index is 0.456. The fourth-order valence-corrected chi connectivity index (χ4v) is 2.39. The Kier molecular flexibility index (Phi) is 3.48. The van der Waals surface area contributed by atoms with E-state index in [1.165, 1.54) is 11.3 Å². The molecule has 2 nitrogen and oxygen atoms in total. The van der Waals surface area contributed by atoms with Gasteiger partial charge in [-0.3, -0.25) is 0 Å². The molecule has 2 rings (SSSR count). The van der Waals surface area contributed by atoms with Crippen LogP contribution in [0.4, 0.5) is 0 Å². The van der Waals surface area contributed by atoms with Crippen molar-refractivity contribution in [2.24, 2.45) is 5.73 Å². The van der Waals surface area contributed by atoms with Crippen LogP contribution in [0.3, 0.4) is 0 Å². The predicted molar refractivity (Wildman–Crippen MR) is 72.4 cm³/mol. The van der Waals surface area contributed by atoms with E-state index in [-0.39, 0.29) is 0 Å². The van der Waals surface area contributed by atoms with Crippen molar-refractivity contribution in [2.45, 2.75) is 0 Å². The monoisotopic (exact) mass is 260 g/mol. The average Bonchev–Trinajstić information content (AvgIpc) is 2.83. The van der Waals surface area contributed by atoms with Crippen LogP contribution in [0.25, 0.3) is 11.3 Å². The first-order valence-electron chi connectivity index (χ1n) is 4.92. The summed E-state index contributed by atoms with van der Waals surface area (Å²) in [5.74, 6) is 0. The third-order valence-electron chi connectivity index (χ3n) is 2.28. The second kappa shape index (κ2) is 5.05. The standard InChI is InChI=1S/C13H9ClN2S/c14-10-4-1-3-9(7-10)13(16)11(8-15)12-5-2-6-17-12/h1-7H,16H2/b13-11-. The van der Waals surface area contributed by atoms with Crippen LogP contribution in [0, 0.1) is 11.3 Å². The van der Waals surface area contributed by atoms with E-state index in [4.69, 9.17) is 17.3 Å².